The largest absolute Gasteiger partial charge is 0.495 e. The number of rotatable bonds is 5. The van der Waals surface area contributed by atoms with Gasteiger partial charge in [0.15, 0.2) is 6.10 Å². The van der Waals surface area contributed by atoms with Crippen molar-refractivity contribution < 1.29 is 14.3 Å². The third kappa shape index (κ3) is 3.99. The molecule has 1 amide bonds. The molecule has 0 spiro atoms. The molecule has 0 bridgehead atoms. The number of ether oxygens (including phenoxy) is 2. The third-order valence-electron chi connectivity index (χ3n) is 3.07. The van der Waals surface area contributed by atoms with E-state index >= 15 is 0 Å². The molecule has 21 heavy (non-hydrogen) atoms. The summed E-state index contributed by atoms with van der Waals surface area (Å²) in [5.74, 6) is 1.07. The minimum Gasteiger partial charge on any atom is -0.495 e. The van der Waals surface area contributed by atoms with Crippen LogP contribution < -0.4 is 14.8 Å². The molecule has 4 heteroatoms. The summed E-state index contributed by atoms with van der Waals surface area (Å²) in [6.07, 6.45) is -0.599. The van der Waals surface area contributed by atoms with Crippen LogP contribution in [-0.2, 0) is 4.79 Å². The molecule has 0 aliphatic carbocycles. The van der Waals surface area contributed by atoms with Gasteiger partial charge in [-0.05, 0) is 38.1 Å². The molecule has 0 fully saturated rings. The van der Waals surface area contributed by atoms with Gasteiger partial charge < -0.3 is 14.8 Å². The van der Waals surface area contributed by atoms with Crippen molar-refractivity contribution in [1.29, 1.82) is 0 Å². The van der Waals surface area contributed by atoms with Crippen LogP contribution in [-0.4, -0.2) is 19.1 Å². The van der Waals surface area contributed by atoms with Crippen molar-refractivity contribution in [3.63, 3.8) is 0 Å². The van der Waals surface area contributed by atoms with Crippen LogP contribution >= 0.6 is 0 Å². The highest BCUT2D eigenvalue weighted by atomic mass is 16.5. The quantitative estimate of drug-likeness (QED) is 0.915. The number of nitrogens with one attached hydrogen (secondary N) is 1. The van der Waals surface area contributed by atoms with Crippen molar-refractivity contribution in [2.45, 2.75) is 20.0 Å². The Morgan fingerprint density at radius 3 is 2.43 bits per heavy atom. The molecule has 0 radical (unpaired) electrons. The van der Waals surface area contributed by atoms with Gasteiger partial charge in [-0.1, -0.05) is 29.8 Å². The number of carbonyl (C=O) groups excluding carboxylic acids is 1. The Morgan fingerprint density at radius 2 is 1.76 bits per heavy atom. The summed E-state index contributed by atoms with van der Waals surface area (Å²) < 4.78 is 10.8. The van der Waals surface area contributed by atoms with Crippen LogP contribution in [0.4, 0.5) is 5.69 Å². The highest BCUT2D eigenvalue weighted by Crippen LogP contribution is 2.23. The van der Waals surface area contributed by atoms with Crippen LogP contribution in [0.25, 0.3) is 0 Å². The van der Waals surface area contributed by atoms with Crippen LogP contribution in [0.1, 0.15) is 12.5 Å². The summed E-state index contributed by atoms with van der Waals surface area (Å²) in [4.78, 5) is 12.2. The molecule has 0 unspecified atom stereocenters. The lowest BCUT2D eigenvalue weighted by Gasteiger charge is -2.16. The van der Waals surface area contributed by atoms with Crippen LogP contribution in [0, 0.1) is 6.92 Å². The van der Waals surface area contributed by atoms with Gasteiger partial charge in [0.05, 0.1) is 12.8 Å². The number of hydrogen-bond donors (Lipinski definition) is 1. The van der Waals surface area contributed by atoms with Gasteiger partial charge in [0, 0.05) is 0 Å². The molecule has 0 aromatic heterocycles. The van der Waals surface area contributed by atoms with Gasteiger partial charge >= 0.3 is 0 Å². The molecule has 2 aromatic carbocycles. The molecule has 4 nitrogen and oxygen atoms in total. The smallest absolute Gasteiger partial charge is 0.265 e. The van der Waals surface area contributed by atoms with E-state index in [1.54, 1.807) is 26.2 Å². The van der Waals surface area contributed by atoms with Crippen LogP contribution in [0.3, 0.4) is 0 Å². The zero-order valence-corrected chi connectivity index (χ0v) is 12.4. The Morgan fingerprint density at radius 1 is 1.10 bits per heavy atom. The molecule has 1 atom stereocenters. The Bertz CT molecular complexity index is 608. The van der Waals surface area contributed by atoms with Gasteiger partial charge in [-0.2, -0.15) is 0 Å². The van der Waals surface area contributed by atoms with Gasteiger partial charge in [-0.15, -0.1) is 0 Å². The lowest BCUT2D eigenvalue weighted by atomic mass is 10.2. The third-order valence-corrected chi connectivity index (χ3v) is 3.07. The maximum atomic E-state index is 12.2. The van der Waals surface area contributed by atoms with E-state index in [2.05, 4.69) is 5.32 Å². The van der Waals surface area contributed by atoms with E-state index in [4.69, 9.17) is 9.47 Å². The number of hydrogen-bond acceptors (Lipinski definition) is 3. The number of para-hydroxylation sites is 2. The Labute approximate surface area is 124 Å². The average Bonchev–Trinajstić information content (AvgIpc) is 2.50. The van der Waals surface area contributed by atoms with E-state index < -0.39 is 6.10 Å². The topological polar surface area (TPSA) is 47.6 Å². The number of methoxy groups -OCH3 is 1. The van der Waals surface area contributed by atoms with E-state index in [-0.39, 0.29) is 5.91 Å². The summed E-state index contributed by atoms with van der Waals surface area (Å²) in [7, 11) is 1.57. The molecular formula is C17H19NO3. The lowest BCUT2D eigenvalue weighted by Crippen LogP contribution is -2.30. The summed E-state index contributed by atoms with van der Waals surface area (Å²) in [5, 5.41) is 2.80. The molecule has 1 N–H and O–H groups in total. The summed E-state index contributed by atoms with van der Waals surface area (Å²) in [6, 6.07) is 14.9. The fourth-order valence-corrected chi connectivity index (χ4v) is 1.86. The molecule has 0 aliphatic rings. The van der Waals surface area contributed by atoms with Crippen molar-refractivity contribution in [1.82, 2.24) is 0 Å². The van der Waals surface area contributed by atoms with Crippen LogP contribution in [0.5, 0.6) is 11.5 Å². The van der Waals surface area contributed by atoms with Crippen molar-refractivity contribution in [3.05, 3.63) is 54.1 Å². The minimum atomic E-state index is -0.599. The summed E-state index contributed by atoms with van der Waals surface area (Å²) in [5.41, 5.74) is 1.78. The molecule has 0 saturated heterocycles. The van der Waals surface area contributed by atoms with Crippen molar-refractivity contribution in [3.8, 4) is 11.5 Å². The molecule has 2 rings (SSSR count). The lowest BCUT2D eigenvalue weighted by molar-refractivity contribution is -0.122. The number of anilines is 1. The van der Waals surface area contributed by atoms with E-state index in [0.29, 0.717) is 17.2 Å². The highest BCUT2D eigenvalue weighted by molar-refractivity contribution is 5.95. The van der Waals surface area contributed by atoms with Crippen molar-refractivity contribution in [2.24, 2.45) is 0 Å². The van der Waals surface area contributed by atoms with Crippen LogP contribution in [0.2, 0.25) is 0 Å². The minimum absolute atomic E-state index is 0.222. The van der Waals surface area contributed by atoms with Gasteiger partial charge in [-0.3, -0.25) is 4.79 Å². The number of amides is 1. The first-order chi connectivity index (χ1) is 10.1. The second-order valence-corrected chi connectivity index (χ2v) is 4.76. The maximum Gasteiger partial charge on any atom is 0.265 e. The van der Waals surface area contributed by atoms with E-state index in [1.165, 1.54) is 0 Å². The highest BCUT2D eigenvalue weighted by Gasteiger charge is 2.16. The number of aryl methyl sites for hydroxylation is 1. The SMILES string of the molecule is COc1ccccc1NC(=O)[C@@H](C)Oc1ccc(C)cc1. The number of benzene rings is 2. The predicted octanol–water partition coefficient (Wildman–Crippen LogP) is 3.41. The second kappa shape index (κ2) is 6.79. The normalized spacial score (nSPS) is 11.6. The van der Waals surface area contributed by atoms with Gasteiger partial charge in [-0.25, -0.2) is 0 Å². The zero-order valence-electron chi connectivity index (χ0n) is 12.4. The summed E-state index contributed by atoms with van der Waals surface area (Å²) >= 11 is 0. The number of carbonyl (C=O) groups is 1. The van der Waals surface area contributed by atoms with Crippen molar-refractivity contribution in [2.75, 3.05) is 12.4 Å². The predicted molar refractivity (Wildman–Crippen MR) is 82.9 cm³/mol. The first-order valence-corrected chi connectivity index (χ1v) is 6.77. The first kappa shape index (κ1) is 14.9. The Hall–Kier alpha value is -2.49. The second-order valence-electron chi connectivity index (χ2n) is 4.76. The molecule has 0 saturated carbocycles. The molecule has 0 aliphatic heterocycles. The fourth-order valence-electron chi connectivity index (χ4n) is 1.86. The molecule has 0 heterocycles. The van der Waals surface area contributed by atoms with E-state index in [9.17, 15) is 4.79 Å². The van der Waals surface area contributed by atoms with E-state index in [1.807, 2.05) is 43.3 Å². The summed E-state index contributed by atoms with van der Waals surface area (Å²) in [6.45, 7) is 3.71. The monoisotopic (exact) mass is 285 g/mol. The van der Waals surface area contributed by atoms with Gasteiger partial charge in [0.2, 0.25) is 0 Å². The Balaban J connectivity index is 2.01. The Kier molecular flexibility index (Phi) is 4.82. The van der Waals surface area contributed by atoms with Crippen molar-refractivity contribution >= 4 is 11.6 Å². The fraction of sp³-hybridized carbons (Fsp3) is 0.235. The maximum absolute atomic E-state index is 12.2. The van der Waals surface area contributed by atoms with E-state index in [0.717, 1.165) is 5.56 Å². The van der Waals surface area contributed by atoms with Gasteiger partial charge in [0.1, 0.15) is 11.5 Å². The average molecular weight is 285 g/mol. The standard InChI is InChI=1S/C17H19NO3/c1-12-8-10-14(11-9-12)21-13(2)17(19)18-15-6-4-5-7-16(15)20-3/h4-11,13H,1-3H3,(H,18,19)/t13-/m1/s1. The molecule has 2 aromatic rings. The van der Waals surface area contributed by atoms with Crippen LogP contribution in [0.15, 0.2) is 48.5 Å². The van der Waals surface area contributed by atoms with Gasteiger partial charge in [0.25, 0.3) is 5.91 Å². The molecular weight excluding hydrogens is 266 g/mol. The zero-order chi connectivity index (χ0) is 15.2. The first-order valence-electron chi connectivity index (χ1n) is 6.77. The molecule has 110 valence electrons.